The number of carboxylic acid groups (broad SMARTS) is 1. The Morgan fingerprint density at radius 3 is 2.61 bits per heavy atom. The first kappa shape index (κ1) is 20.8. The quantitative estimate of drug-likeness (QED) is 0.496. The molecule has 1 aliphatic heterocycles. The number of rotatable bonds is 4. The normalized spacial score (nSPS) is 19.3. The van der Waals surface area contributed by atoms with Gasteiger partial charge in [-0.1, -0.05) is 0 Å². The number of aliphatic carboxylic acids is 1. The molecule has 1 aromatic carbocycles. The Hall–Kier alpha value is -3.47. The number of alkyl halides is 3. The van der Waals surface area contributed by atoms with Crippen LogP contribution in [0.2, 0.25) is 0 Å². The summed E-state index contributed by atoms with van der Waals surface area (Å²) in [5.74, 6) is -1.04. The van der Waals surface area contributed by atoms with Crippen molar-refractivity contribution in [1.82, 2.24) is 20.5 Å². The Labute approximate surface area is 174 Å². The van der Waals surface area contributed by atoms with Gasteiger partial charge in [0.05, 0.1) is 5.56 Å². The summed E-state index contributed by atoms with van der Waals surface area (Å²) in [6.07, 6.45) is -0.455. The van der Waals surface area contributed by atoms with E-state index in [0.29, 0.717) is 42.0 Å². The Morgan fingerprint density at radius 1 is 1.16 bits per heavy atom. The number of pyridine rings is 1. The minimum absolute atomic E-state index is 0.0846. The molecule has 0 bridgehead atoms. The van der Waals surface area contributed by atoms with Crippen LogP contribution >= 0.6 is 0 Å². The zero-order valence-corrected chi connectivity index (χ0v) is 16.0. The summed E-state index contributed by atoms with van der Waals surface area (Å²) in [6, 6.07) is 3.66. The van der Waals surface area contributed by atoms with Gasteiger partial charge in [-0.05, 0) is 37.1 Å². The number of nitrogens with zero attached hydrogens (tertiary/aromatic N) is 3. The van der Waals surface area contributed by atoms with Crippen molar-refractivity contribution in [3.63, 3.8) is 0 Å². The van der Waals surface area contributed by atoms with Gasteiger partial charge in [0.1, 0.15) is 17.5 Å². The highest BCUT2D eigenvalue weighted by molar-refractivity contribution is 6.00. The molecule has 0 saturated carbocycles. The van der Waals surface area contributed by atoms with E-state index < -0.39 is 29.5 Å². The Bertz CT molecular complexity index is 1130. The van der Waals surface area contributed by atoms with Crippen LogP contribution in [-0.2, 0) is 11.0 Å². The van der Waals surface area contributed by atoms with Gasteiger partial charge >= 0.3 is 12.1 Å². The number of hydrogen-bond donors (Lipinski definition) is 4. The molecule has 2 aromatic heterocycles. The zero-order valence-electron chi connectivity index (χ0n) is 16.0. The largest absolute Gasteiger partial charge is 0.507 e. The summed E-state index contributed by atoms with van der Waals surface area (Å²) in [4.78, 5) is 15.2. The van der Waals surface area contributed by atoms with Crippen molar-refractivity contribution < 1.29 is 28.2 Å². The van der Waals surface area contributed by atoms with Crippen LogP contribution in [0.25, 0.3) is 22.0 Å². The second-order valence-electron chi connectivity index (χ2n) is 7.27. The minimum atomic E-state index is -4.57. The van der Waals surface area contributed by atoms with Crippen LogP contribution in [0, 0.1) is 0 Å². The molecule has 1 aliphatic rings. The Morgan fingerprint density at radius 2 is 1.97 bits per heavy atom. The van der Waals surface area contributed by atoms with Crippen LogP contribution in [0.4, 0.5) is 19.0 Å². The van der Waals surface area contributed by atoms with E-state index in [1.54, 1.807) is 12.3 Å². The molecule has 31 heavy (non-hydrogen) atoms. The third-order valence-corrected chi connectivity index (χ3v) is 5.21. The highest BCUT2D eigenvalue weighted by atomic mass is 19.4. The van der Waals surface area contributed by atoms with Crippen molar-refractivity contribution in [3.05, 3.63) is 42.2 Å². The molecule has 11 heteroatoms. The smallest absolute Gasteiger partial charge is 0.416 e. The van der Waals surface area contributed by atoms with E-state index in [2.05, 4.69) is 25.8 Å². The van der Waals surface area contributed by atoms with Crippen LogP contribution in [0.3, 0.4) is 0 Å². The molecular formula is C20H18F3N5O3. The topological polar surface area (TPSA) is 120 Å². The van der Waals surface area contributed by atoms with Gasteiger partial charge in [-0.15, -0.1) is 10.2 Å². The number of carboxylic acids is 1. The van der Waals surface area contributed by atoms with E-state index in [1.165, 1.54) is 6.20 Å². The molecule has 1 saturated heterocycles. The van der Waals surface area contributed by atoms with Gasteiger partial charge in [0, 0.05) is 41.3 Å². The molecular weight excluding hydrogens is 415 g/mol. The number of piperidine rings is 1. The molecule has 162 valence electrons. The fraction of sp³-hybridized carbons (Fsp3) is 0.300. The first-order chi connectivity index (χ1) is 14.7. The van der Waals surface area contributed by atoms with Crippen LogP contribution in [0.15, 0.2) is 36.7 Å². The lowest BCUT2D eigenvalue weighted by molar-refractivity contribution is -0.140. The standard InChI is InChI=1S/C20H18F3N5O3/c21-20(22,23)10-1-3-13(16(29)7-10)17-12-5-6-24-9-14(12)18(28-27-17)26-11-2-4-15(19(30)31)25-8-11/h1,3,5-7,9,11,15,25,29H,2,4,8H2,(H,26,28)(H,30,31). The molecule has 4 rings (SSSR count). The Balaban J connectivity index is 1.66. The van der Waals surface area contributed by atoms with Crippen molar-refractivity contribution >= 4 is 22.6 Å². The van der Waals surface area contributed by atoms with E-state index in [1.807, 2.05) is 0 Å². The second kappa shape index (κ2) is 7.99. The summed E-state index contributed by atoms with van der Waals surface area (Å²) in [5, 5.41) is 34.9. The average molecular weight is 433 g/mol. The molecule has 2 unspecified atom stereocenters. The maximum absolute atomic E-state index is 12.9. The van der Waals surface area contributed by atoms with Crippen LogP contribution in [0.1, 0.15) is 18.4 Å². The summed E-state index contributed by atoms with van der Waals surface area (Å²) in [5.41, 5.74) is -0.621. The average Bonchev–Trinajstić information content (AvgIpc) is 2.74. The van der Waals surface area contributed by atoms with Crippen LogP contribution in [0.5, 0.6) is 5.75 Å². The van der Waals surface area contributed by atoms with Crippen LogP contribution in [-0.4, -0.2) is 50.0 Å². The van der Waals surface area contributed by atoms with Gasteiger partial charge < -0.3 is 20.8 Å². The number of phenols is 1. The molecule has 3 heterocycles. The third-order valence-electron chi connectivity index (χ3n) is 5.21. The number of halogens is 3. The second-order valence-corrected chi connectivity index (χ2v) is 7.27. The number of hydrogen-bond acceptors (Lipinski definition) is 7. The maximum atomic E-state index is 12.9. The Kier molecular flexibility index (Phi) is 5.36. The molecule has 8 nitrogen and oxygen atoms in total. The third kappa shape index (κ3) is 4.22. The lowest BCUT2D eigenvalue weighted by Gasteiger charge is -2.28. The van der Waals surface area contributed by atoms with Crippen LogP contribution < -0.4 is 10.6 Å². The highest BCUT2D eigenvalue weighted by Crippen LogP contribution is 2.38. The van der Waals surface area contributed by atoms with E-state index in [4.69, 9.17) is 5.11 Å². The summed E-state index contributed by atoms with van der Waals surface area (Å²) in [7, 11) is 0. The molecule has 1 fully saturated rings. The van der Waals surface area contributed by atoms with Gasteiger partial charge in [-0.25, -0.2) is 0 Å². The number of fused-ring (bicyclic) bond motifs is 1. The van der Waals surface area contributed by atoms with Crippen molar-refractivity contribution in [2.75, 3.05) is 11.9 Å². The fourth-order valence-corrected chi connectivity index (χ4v) is 3.60. The van der Waals surface area contributed by atoms with Crippen molar-refractivity contribution in [2.24, 2.45) is 0 Å². The predicted molar refractivity (Wildman–Crippen MR) is 106 cm³/mol. The predicted octanol–water partition coefficient (Wildman–Crippen LogP) is 3.03. The summed E-state index contributed by atoms with van der Waals surface area (Å²) < 4.78 is 38.7. The fourth-order valence-electron chi connectivity index (χ4n) is 3.60. The molecule has 0 radical (unpaired) electrons. The maximum Gasteiger partial charge on any atom is 0.416 e. The molecule has 2 atom stereocenters. The number of anilines is 1. The molecule has 0 spiro atoms. The summed E-state index contributed by atoms with van der Waals surface area (Å²) >= 11 is 0. The number of benzene rings is 1. The van der Waals surface area contributed by atoms with Gasteiger partial charge in [-0.2, -0.15) is 13.2 Å². The zero-order chi connectivity index (χ0) is 22.2. The van der Waals surface area contributed by atoms with Crippen molar-refractivity contribution in [1.29, 1.82) is 0 Å². The molecule has 3 aromatic rings. The molecule has 0 aliphatic carbocycles. The number of aromatic nitrogens is 3. The molecule has 4 N–H and O–H groups in total. The van der Waals surface area contributed by atoms with Crippen molar-refractivity contribution in [2.45, 2.75) is 31.1 Å². The van der Waals surface area contributed by atoms with E-state index >= 15 is 0 Å². The number of carbonyl (C=O) groups is 1. The highest BCUT2D eigenvalue weighted by Gasteiger charge is 2.31. The molecule has 0 amide bonds. The van der Waals surface area contributed by atoms with E-state index in [-0.39, 0.29) is 17.3 Å². The SMILES string of the molecule is O=C(O)C1CCC(Nc2nnc(-c3ccc(C(F)(F)F)cc3O)c3ccncc23)CN1. The number of phenolic OH excluding ortho intramolecular Hbond substituents is 1. The van der Waals surface area contributed by atoms with E-state index in [0.717, 1.165) is 12.1 Å². The monoisotopic (exact) mass is 433 g/mol. The minimum Gasteiger partial charge on any atom is -0.507 e. The first-order valence-corrected chi connectivity index (χ1v) is 9.47. The number of nitrogens with one attached hydrogen (secondary N) is 2. The lowest BCUT2D eigenvalue weighted by atomic mass is 10.00. The number of aromatic hydroxyl groups is 1. The first-order valence-electron chi connectivity index (χ1n) is 9.47. The summed E-state index contributed by atoms with van der Waals surface area (Å²) in [6.45, 7) is 0.418. The lowest BCUT2D eigenvalue weighted by Crippen LogP contribution is -2.48. The van der Waals surface area contributed by atoms with Gasteiger partial charge in [-0.3, -0.25) is 9.78 Å². The van der Waals surface area contributed by atoms with Gasteiger partial charge in [0.15, 0.2) is 5.82 Å². The van der Waals surface area contributed by atoms with E-state index in [9.17, 15) is 23.1 Å². The van der Waals surface area contributed by atoms with Gasteiger partial charge in [0.25, 0.3) is 0 Å². The van der Waals surface area contributed by atoms with Crippen molar-refractivity contribution in [3.8, 4) is 17.0 Å². The van der Waals surface area contributed by atoms with Gasteiger partial charge in [0.2, 0.25) is 0 Å².